The van der Waals surface area contributed by atoms with Gasteiger partial charge in [-0.3, -0.25) is 4.98 Å². The smallest absolute Gasteiger partial charge is 0.377 e. The van der Waals surface area contributed by atoms with E-state index in [0.29, 0.717) is 48.9 Å². The number of alkyl halides is 3. The second-order valence-electron chi connectivity index (χ2n) is 8.21. The molecule has 190 valence electrons. The molecule has 36 heavy (non-hydrogen) atoms. The zero-order valence-electron chi connectivity index (χ0n) is 19.8. The van der Waals surface area contributed by atoms with Crippen LogP contribution in [0.5, 0.6) is 0 Å². The predicted molar refractivity (Wildman–Crippen MR) is 126 cm³/mol. The average molecular weight is 504 g/mol. The van der Waals surface area contributed by atoms with Crippen molar-refractivity contribution >= 4 is 23.1 Å². The monoisotopic (exact) mass is 503 g/mol. The van der Waals surface area contributed by atoms with E-state index in [2.05, 4.69) is 30.5 Å². The molecule has 0 amide bonds. The zero-order valence-corrected chi connectivity index (χ0v) is 19.8. The molecule has 0 bridgehead atoms. The highest BCUT2D eigenvalue weighted by Gasteiger charge is 2.30. The van der Waals surface area contributed by atoms with Crippen molar-refractivity contribution in [2.24, 2.45) is 10.2 Å². The Morgan fingerprint density at radius 2 is 2.03 bits per heavy atom. The molecule has 0 saturated carbocycles. The van der Waals surface area contributed by atoms with Gasteiger partial charge >= 0.3 is 6.18 Å². The molecule has 1 unspecified atom stereocenters. The first-order chi connectivity index (χ1) is 17.2. The molecule has 1 aliphatic heterocycles. The van der Waals surface area contributed by atoms with Gasteiger partial charge < -0.3 is 15.0 Å². The molecule has 1 fully saturated rings. The van der Waals surface area contributed by atoms with Crippen LogP contribution in [0, 0.1) is 5.82 Å². The van der Waals surface area contributed by atoms with Gasteiger partial charge in [-0.05, 0) is 43.7 Å². The van der Waals surface area contributed by atoms with E-state index < -0.39 is 17.6 Å². The molecule has 3 aromatic rings. The summed E-state index contributed by atoms with van der Waals surface area (Å²) in [6, 6.07) is 8.40. The minimum absolute atomic E-state index is 0.0311. The van der Waals surface area contributed by atoms with Crippen molar-refractivity contribution in [3.63, 3.8) is 0 Å². The highest BCUT2D eigenvalue weighted by molar-refractivity contribution is 5.62. The third-order valence-electron chi connectivity index (χ3n) is 5.58. The number of hydrogen-bond donors (Lipinski definition) is 1. The van der Waals surface area contributed by atoms with Crippen LogP contribution in [-0.4, -0.2) is 40.8 Å². The SMILES string of the molecule is CCc1nc(CN=Nc2ncc(F)c(N3CCOCC3C)n2)ccc1Nc1cccc(C(F)(F)F)c1. The first-order valence-electron chi connectivity index (χ1n) is 11.4. The van der Waals surface area contributed by atoms with Gasteiger partial charge in [-0.2, -0.15) is 23.3 Å². The molecule has 12 heteroatoms. The molecule has 1 aromatic carbocycles. The largest absolute Gasteiger partial charge is 0.416 e. The molecule has 8 nitrogen and oxygen atoms in total. The van der Waals surface area contributed by atoms with E-state index in [0.717, 1.165) is 18.3 Å². The Kier molecular flexibility index (Phi) is 7.73. The maximum absolute atomic E-state index is 14.3. The molecule has 4 rings (SSSR count). The molecule has 1 atom stereocenters. The number of nitrogens with one attached hydrogen (secondary N) is 1. The lowest BCUT2D eigenvalue weighted by molar-refractivity contribution is -0.137. The number of hydrogen-bond acceptors (Lipinski definition) is 8. The van der Waals surface area contributed by atoms with E-state index in [1.54, 1.807) is 18.2 Å². The van der Waals surface area contributed by atoms with Gasteiger partial charge in [-0.15, -0.1) is 5.11 Å². The van der Waals surface area contributed by atoms with Crippen LogP contribution in [0.2, 0.25) is 0 Å². The lowest BCUT2D eigenvalue weighted by Gasteiger charge is -2.34. The van der Waals surface area contributed by atoms with Crippen molar-refractivity contribution < 1.29 is 22.3 Å². The molecule has 0 spiro atoms. The number of anilines is 3. The van der Waals surface area contributed by atoms with Crippen molar-refractivity contribution in [1.29, 1.82) is 0 Å². The Bertz CT molecular complexity index is 1240. The molecule has 0 aliphatic carbocycles. The number of rotatable bonds is 7. The average Bonchev–Trinajstić information content (AvgIpc) is 2.86. The number of benzene rings is 1. The van der Waals surface area contributed by atoms with Crippen LogP contribution in [0.4, 0.5) is 40.7 Å². The number of aromatic nitrogens is 3. The van der Waals surface area contributed by atoms with Gasteiger partial charge in [-0.25, -0.2) is 9.37 Å². The number of pyridine rings is 1. The Labute approximate surface area is 205 Å². The minimum atomic E-state index is -4.42. The second kappa shape index (κ2) is 10.9. The number of nitrogens with zero attached hydrogens (tertiary/aromatic N) is 6. The van der Waals surface area contributed by atoms with E-state index in [9.17, 15) is 17.6 Å². The van der Waals surface area contributed by atoms with Crippen LogP contribution < -0.4 is 10.2 Å². The first kappa shape index (κ1) is 25.4. The summed E-state index contributed by atoms with van der Waals surface area (Å²) in [6.07, 6.45) is -2.80. The van der Waals surface area contributed by atoms with Crippen LogP contribution in [0.15, 0.2) is 52.8 Å². The van der Waals surface area contributed by atoms with E-state index in [4.69, 9.17) is 4.74 Å². The van der Waals surface area contributed by atoms with Gasteiger partial charge in [0.05, 0.1) is 48.1 Å². The van der Waals surface area contributed by atoms with Gasteiger partial charge in [0.15, 0.2) is 11.6 Å². The number of halogens is 4. The summed E-state index contributed by atoms with van der Waals surface area (Å²) in [6.45, 7) is 5.41. The van der Waals surface area contributed by atoms with Crippen LogP contribution in [0.3, 0.4) is 0 Å². The standard InChI is InChI=1S/C24H25F4N7O/c1-3-20-21(31-17-6-4-5-16(11-17)24(26,27)28)8-7-18(32-20)12-30-34-23-29-13-19(25)22(33-23)35-9-10-36-14-15(35)2/h4-8,11,13,15,31H,3,9-10,12,14H2,1-2H3. The third kappa shape index (κ3) is 6.11. The highest BCUT2D eigenvalue weighted by atomic mass is 19.4. The maximum atomic E-state index is 14.3. The van der Waals surface area contributed by atoms with Crippen LogP contribution in [0.25, 0.3) is 0 Å². The summed E-state index contributed by atoms with van der Waals surface area (Å²) >= 11 is 0. The molecular formula is C24H25F4N7O. The summed E-state index contributed by atoms with van der Waals surface area (Å²) in [5.74, 6) is -0.351. The normalized spacial score (nSPS) is 16.5. The number of aryl methyl sites for hydroxylation is 1. The first-order valence-corrected chi connectivity index (χ1v) is 11.4. The van der Waals surface area contributed by atoms with E-state index in [1.165, 1.54) is 6.07 Å². The Morgan fingerprint density at radius 1 is 1.19 bits per heavy atom. The molecule has 1 saturated heterocycles. The van der Waals surface area contributed by atoms with E-state index in [1.807, 2.05) is 18.7 Å². The van der Waals surface area contributed by atoms with Crippen LogP contribution in [0.1, 0.15) is 30.8 Å². The van der Waals surface area contributed by atoms with Crippen molar-refractivity contribution in [3.8, 4) is 0 Å². The quantitative estimate of drug-likeness (QED) is 0.322. The number of morpholine rings is 1. The van der Waals surface area contributed by atoms with E-state index >= 15 is 0 Å². The molecular weight excluding hydrogens is 478 g/mol. The number of azo groups is 1. The number of ether oxygens (including phenoxy) is 1. The fourth-order valence-corrected chi connectivity index (χ4v) is 3.76. The Hall–Kier alpha value is -3.67. The van der Waals surface area contributed by atoms with Gasteiger partial charge in [-0.1, -0.05) is 13.0 Å². The zero-order chi connectivity index (χ0) is 25.7. The molecule has 3 heterocycles. The van der Waals surface area contributed by atoms with Gasteiger partial charge in [0.1, 0.15) is 6.54 Å². The lowest BCUT2D eigenvalue weighted by atomic mass is 10.1. The second-order valence-corrected chi connectivity index (χ2v) is 8.21. The van der Waals surface area contributed by atoms with Crippen LogP contribution in [-0.2, 0) is 23.9 Å². The maximum Gasteiger partial charge on any atom is 0.416 e. The topological polar surface area (TPSA) is 87.9 Å². The summed E-state index contributed by atoms with van der Waals surface area (Å²) in [4.78, 5) is 14.5. The van der Waals surface area contributed by atoms with Crippen LogP contribution >= 0.6 is 0 Å². The predicted octanol–water partition coefficient (Wildman–Crippen LogP) is 5.84. The fourth-order valence-electron chi connectivity index (χ4n) is 3.76. The third-order valence-corrected chi connectivity index (χ3v) is 5.58. The van der Waals surface area contributed by atoms with Crippen molar-refractivity contribution in [2.45, 2.75) is 39.0 Å². The van der Waals surface area contributed by atoms with Crippen molar-refractivity contribution in [1.82, 2.24) is 15.0 Å². The molecule has 1 N–H and O–H groups in total. The summed E-state index contributed by atoms with van der Waals surface area (Å²) < 4.78 is 58.7. The van der Waals surface area contributed by atoms with Gasteiger partial charge in [0, 0.05) is 12.2 Å². The minimum Gasteiger partial charge on any atom is -0.377 e. The Morgan fingerprint density at radius 3 is 2.78 bits per heavy atom. The van der Waals surface area contributed by atoms with Crippen molar-refractivity contribution in [3.05, 3.63) is 65.4 Å². The summed E-state index contributed by atoms with van der Waals surface area (Å²) in [7, 11) is 0. The highest BCUT2D eigenvalue weighted by Crippen LogP contribution is 2.32. The van der Waals surface area contributed by atoms with Crippen molar-refractivity contribution in [2.75, 3.05) is 30.0 Å². The summed E-state index contributed by atoms with van der Waals surface area (Å²) in [5.41, 5.74) is 1.46. The molecule has 0 radical (unpaired) electrons. The van der Waals surface area contributed by atoms with Gasteiger partial charge in [0.2, 0.25) is 0 Å². The Balaban J connectivity index is 1.45. The summed E-state index contributed by atoms with van der Waals surface area (Å²) in [5, 5.41) is 11.1. The molecule has 2 aromatic heterocycles. The lowest BCUT2D eigenvalue weighted by Crippen LogP contribution is -2.44. The van der Waals surface area contributed by atoms with E-state index in [-0.39, 0.29) is 24.4 Å². The molecule has 1 aliphatic rings. The fraction of sp³-hybridized carbons (Fsp3) is 0.375. The van der Waals surface area contributed by atoms with Gasteiger partial charge in [0.25, 0.3) is 5.95 Å².